The molecule has 0 saturated carbocycles. The molecular weight excluding hydrogens is 146 g/mol. The van der Waals surface area contributed by atoms with Crippen LogP contribution in [0.4, 0.5) is 0 Å². The molecule has 48 valence electrons. The lowest BCUT2D eigenvalue weighted by Crippen LogP contribution is -1.72. The minimum absolute atomic E-state index is 0.208. The lowest BCUT2D eigenvalue weighted by molar-refractivity contribution is 0.501. The Labute approximate surface area is 53.4 Å². The fourth-order valence-corrected chi connectivity index (χ4v) is 0.944. The lowest BCUT2D eigenvalue weighted by Gasteiger charge is -2.00. The molecule has 0 bridgehead atoms. The highest BCUT2D eigenvalue weighted by Gasteiger charge is 2.15. The van der Waals surface area contributed by atoms with Gasteiger partial charge in [-0.05, 0) is 17.7 Å². The summed E-state index contributed by atoms with van der Waals surface area (Å²) in [7, 11) is 0. The third-order valence-corrected chi connectivity index (χ3v) is 2.61. The molecule has 8 heavy (non-hydrogen) atoms. The minimum atomic E-state index is -3.48. The Hall–Kier alpha value is 0.220. The monoisotopic (exact) mass is 154 g/mol. The van der Waals surface area contributed by atoms with Crippen LogP contribution in [-0.2, 0) is 4.57 Å². The van der Waals surface area contributed by atoms with E-state index < -0.39 is 6.72 Å². The van der Waals surface area contributed by atoms with Gasteiger partial charge in [0.2, 0.25) is 0 Å². The second-order valence-corrected chi connectivity index (χ2v) is 4.43. The summed E-state index contributed by atoms with van der Waals surface area (Å²) in [5.41, 5.74) is 0. The van der Waals surface area contributed by atoms with Gasteiger partial charge in [-0.15, -0.1) is 0 Å². The molecule has 0 fully saturated rings. The van der Waals surface area contributed by atoms with Gasteiger partial charge in [-0.2, -0.15) is 0 Å². The first-order chi connectivity index (χ1) is 3.48. The van der Waals surface area contributed by atoms with E-state index in [0.29, 0.717) is 6.42 Å². The average Bonchev–Trinajstić information content (AvgIpc) is 1.62. The normalized spacial score (nSPS) is 17.4. The Morgan fingerprint density at radius 2 is 2.38 bits per heavy atom. The SMILES string of the molecule is C=C(CC)P(=O)(O)Cl. The Kier molecular flexibility index (Phi) is 2.75. The van der Waals surface area contributed by atoms with Gasteiger partial charge in [0.25, 0.3) is 0 Å². The molecule has 1 N–H and O–H groups in total. The van der Waals surface area contributed by atoms with E-state index in [1.165, 1.54) is 0 Å². The molecule has 0 aliphatic rings. The maximum atomic E-state index is 10.4. The van der Waals surface area contributed by atoms with Crippen LogP contribution in [0.2, 0.25) is 0 Å². The topological polar surface area (TPSA) is 37.3 Å². The zero-order valence-electron chi connectivity index (χ0n) is 4.59. The summed E-state index contributed by atoms with van der Waals surface area (Å²) in [4.78, 5) is 8.51. The Morgan fingerprint density at radius 3 is 2.38 bits per heavy atom. The molecule has 0 aromatic heterocycles. The van der Waals surface area contributed by atoms with Crippen molar-refractivity contribution in [3.63, 3.8) is 0 Å². The molecule has 0 aliphatic carbocycles. The van der Waals surface area contributed by atoms with Gasteiger partial charge < -0.3 is 4.89 Å². The number of allylic oxidation sites excluding steroid dienone is 1. The highest BCUT2D eigenvalue weighted by atomic mass is 35.7. The van der Waals surface area contributed by atoms with Gasteiger partial charge in [-0.3, -0.25) is 4.57 Å². The summed E-state index contributed by atoms with van der Waals surface area (Å²) in [6.07, 6.45) is 0.456. The highest BCUT2D eigenvalue weighted by molar-refractivity contribution is 7.87. The van der Waals surface area contributed by atoms with Crippen molar-refractivity contribution in [3.05, 3.63) is 11.9 Å². The largest absolute Gasteiger partial charge is 0.330 e. The third-order valence-electron chi connectivity index (χ3n) is 0.798. The summed E-state index contributed by atoms with van der Waals surface area (Å²) in [6, 6.07) is 0. The molecule has 4 heteroatoms. The Bertz CT molecular complexity index is 137. The molecule has 0 radical (unpaired) electrons. The van der Waals surface area contributed by atoms with Crippen LogP contribution in [0, 0.1) is 0 Å². The van der Waals surface area contributed by atoms with Gasteiger partial charge in [0.05, 0.1) is 0 Å². The third kappa shape index (κ3) is 2.51. The van der Waals surface area contributed by atoms with Crippen molar-refractivity contribution >= 4 is 18.0 Å². The van der Waals surface area contributed by atoms with Crippen LogP contribution in [0.25, 0.3) is 0 Å². The van der Waals surface area contributed by atoms with E-state index in [9.17, 15) is 4.57 Å². The minimum Gasteiger partial charge on any atom is -0.330 e. The molecule has 0 amide bonds. The molecule has 0 aliphatic heterocycles. The van der Waals surface area contributed by atoms with Gasteiger partial charge in [-0.25, -0.2) is 0 Å². The second-order valence-electron chi connectivity index (χ2n) is 1.42. The van der Waals surface area contributed by atoms with Crippen molar-refractivity contribution in [2.24, 2.45) is 0 Å². The summed E-state index contributed by atoms with van der Waals surface area (Å²) in [5, 5.41) is 0.208. The number of rotatable bonds is 2. The predicted molar refractivity (Wildman–Crippen MR) is 35.1 cm³/mol. The zero-order valence-corrected chi connectivity index (χ0v) is 6.25. The van der Waals surface area contributed by atoms with Gasteiger partial charge in [0.15, 0.2) is 0 Å². The van der Waals surface area contributed by atoms with Crippen LogP contribution in [0.5, 0.6) is 0 Å². The molecule has 1 unspecified atom stereocenters. The fraction of sp³-hybridized carbons (Fsp3) is 0.500. The molecule has 0 heterocycles. The van der Waals surface area contributed by atoms with E-state index in [0.717, 1.165) is 0 Å². The Morgan fingerprint density at radius 1 is 2.00 bits per heavy atom. The van der Waals surface area contributed by atoms with Gasteiger partial charge >= 0.3 is 6.72 Å². The number of hydrogen-bond donors (Lipinski definition) is 1. The molecule has 1 atom stereocenters. The fourth-order valence-electron chi connectivity index (χ4n) is 0.195. The first-order valence-electron chi connectivity index (χ1n) is 2.19. The molecule has 0 spiro atoms. The number of hydrogen-bond acceptors (Lipinski definition) is 1. The summed E-state index contributed by atoms with van der Waals surface area (Å²) in [6.45, 7) is 1.55. The van der Waals surface area contributed by atoms with Crippen LogP contribution >= 0.6 is 18.0 Å². The van der Waals surface area contributed by atoms with Crippen LogP contribution in [0.1, 0.15) is 13.3 Å². The predicted octanol–water partition coefficient (Wildman–Crippen LogP) is 2.33. The second kappa shape index (κ2) is 2.67. The van der Waals surface area contributed by atoms with E-state index in [1.807, 2.05) is 0 Å². The van der Waals surface area contributed by atoms with Crippen LogP contribution in [0.15, 0.2) is 11.9 Å². The van der Waals surface area contributed by atoms with E-state index in [2.05, 4.69) is 6.58 Å². The first kappa shape index (κ1) is 8.22. The smallest absolute Gasteiger partial charge is 0.312 e. The molecule has 0 rings (SSSR count). The van der Waals surface area contributed by atoms with E-state index >= 15 is 0 Å². The number of halogens is 1. The van der Waals surface area contributed by atoms with Gasteiger partial charge in [0.1, 0.15) is 0 Å². The molecule has 0 aromatic carbocycles. The summed E-state index contributed by atoms with van der Waals surface area (Å²) in [5.74, 6) is 0. The van der Waals surface area contributed by atoms with E-state index in [-0.39, 0.29) is 5.31 Å². The molecule has 2 nitrogen and oxygen atoms in total. The molecule has 0 aromatic rings. The molecule has 0 saturated heterocycles. The standard InChI is InChI=1S/C4H8ClO2P/c1-3-4(2)8(5,6)7/h2-3H2,1H3,(H,6,7). The summed E-state index contributed by atoms with van der Waals surface area (Å²) >= 11 is 5.00. The van der Waals surface area contributed by atoms with Crippen LogP contribution in [-0.4, -0.2) is 4.89 Å². The lowest BCUT2D eigenvalue weighted by atomic mass is 10.5. The van der Waals surface area contributed by atoms with Gasteiger partial charge in [0, 0.05) is 5.31 Å². The van der Waals surface area contributed by atoms with E-state index in [1.54, 1.807) is 6.92 Å². The van der Waals surface area contributed by atoms with Crippen molar-refractivity contribution in [3.8, 4) is 0 Å². The first-order valence-corrected chi connectivity index (χ1v) is 4.75. The maximum absolute atomic E-state index is 10.4. The van der Waals surface area contributed by atoms with E-state index in [4.69, 9.17) is 16.1 Å². The average molecular weight is 155 g/mol. The van der Waals surface area contributed by atoms with Crippen molar-refractivity contribution < 1.29 is 9.46 Å². The van der Waals surface area contributed by atoms with Gasteiger partial charge in [-0.1, -0.05) is 13.5 Å². The quantitative estimate of drug-likeness (QED) is 0.620. The summed E-state index contributed by atoms with van der Waals surface area (Å²) < 4.78 is 10.4. The van der Waals surface area contributed by atoms with Crippen molar-refractivity contribution in [2.45, 2.75) is 13.3 Å². The van der Waals surface area contributed by atoms with Crippen LogP contribution in [0.3, 0.4) is 0 Å². The van der Waals surface area contributed by atoms with Crippen molar-refractivity contribution in [1.29, 1.82) is 0 Å². The van der Waals surface area contributed by atoms with Crippen molar-refractivity contribution in [2.75, 3.05) is 0 Å². The highest BCUT2D eigenvalue weighted by Crippen LogP contribution is 2.54. The molecular formula is C4H8ClO2P. The Balaban J connectivity index is 4.04. The van der Waals surface area contributed by atoms with Crippen LogP contribution < -0.4 is 0 Å². The zero-order chi connectivity index (χ0) is 6.78. The van der Waals surface area contributed by atoms with Crippen molar-refractivity contribution in [1.82, 2.24) is 0 Å². The maximum Gasteiger partial charge on any atom is 0.312 e.